The van der Waals surface area contributed by atoms with Gasteiger partial charge < -0.3 is 128 Å². The zero-order valence-corrected chi connectivity index (χ0v) is 54.3. The van der Waals surface area contributed by atoms with Crippen LogP contribution in [0.5, 0.6) is 0 Å². The van der Waals surface area contributed by atoms with Crippen LogP contribution in [0, 0.1) is 0 Å². The maximum absolute atomic E-state index is 14.3. The van der Waals surface area contributed by atoms with E-state index in [0.29, 0.717) is 0 Å². The van der Waals surface area contributed by atoms with Crippen LogP contribution < -0.4 is 128 Å². The molecule has 0 aliphatic heterocycles. The van der Waals surface area contributed by atoms with Gasteiger partial charge in [-0.3, -0.25) is 81.5 Å². The Morgan fingerprint density at radius 2 is 0.417 bits per heavy atom. The van der Waals surface area contributed by atoms with Gasteiger partial charge >= 0.3 is 0 Å². The molecule has 16 amide bonds. The van der Waals surface area contributed by atoms with Gasteiger partial charge in [0.05, 0.1) is 18.2 Å². The van der Waals surface area contributed by atoms with Gasteiger partial charge in [0.25, 0.3) is 0 Å². The van der Waals surface area contributed by atoms with E-state index in [1.54, 1.807) is 0 Å². The maximum Gasteiger partial charge on any atom is 0.243 e. The van der Waals surface area contributed by atoms with Crippen molar-refractivity contribution in [2.45, 2.75) is 221 Å². The number of Topliss-reactive ketones (excluding diaryl/α,β-unsaturated/α-hetero) is 1. The quantitative estimate of drug-likeness (QED) is 0.0251. The minimum atomic E-state index is -1.74. The van der Waals surface area contributed by atoms with E-state index >= 15 is 0 Å². The molecule has 0 saturated carbocycles. The average Bonchev–Trinajstić information content (AvgIpc) is 1.05. The number of hydrogen-bond donors (Lipinski definition) is 23. The van der Waals surface area contributed by atoms with Crippen molar-refractivity contribution in [3.8, 4) is 0 Å². The molecule has 40 heteroatoms. The van der Waals surface area contributed by atoms with E-state index in [9.17, 15) is 81.5 Å². The molecule has 0 aromatic heterocycles. The van der Waals surface area contributed by atoms with Gasteiger partial charge in [-0.25, -0.2) is 0 Å². The molecule has 0 rings (SSSR count). The highest BCUT2D eigenvalue weighted by molar-refractivity contribution is 6.00. The topological polar surface area (TPSA) is 749 Å². The highest BCUT2D eigenvalue weighted by atomic mass is 16.2. The molecule has 0 heterocycles. The number of nitrogens with one attached hydrogen (secondary N) is 10. The number of carbonyl (C=O) groups excluding carboxylic acids is 17. The van der Waals surface area contributed by atoms with Crippen LogP contribution in [0.25, 0.3) is 0 Å². The van der Waals surface area contributed by atoms with Crippen LogP contribution in [-0.4, -0.2) is 199 Å². The number of carbonyl (C=O) groups is 17. The second-order valence-corrected chi connectivity index (χ2v) is 22.8. The summed E-state index contributed by atoms with van der Waals surface area (Å²) in [6.07, 6.45) is -6.58. The van der Waals surface area contributed by atoms with Crippen LogP contribution in [-0.2, 0) is 81.5 Å². The zero-order chi connectivity index (χ0) is 73.2. The van der Waals surface area contributed by atoms with Crippen molar-refractivity contribution in [2.75, 3.05) is 26.2 Å². The van der Waals surface area contributed by atoms with E-state index in [2.05, 4.69) is 53.2 Å². The summed E-state index contributed by atoms with van der Waals surface area (Å²) in [4.78, 5) is 223. The summed E-state index contributed by atoms with van der Waals surface area (Å²) in [6, 6.07) is -16.9. The summed E-state index contributed by atoms with van der Waals surface area (Å²) in [7, 11) is 0. The third-order valence-electron chi connectivity index (χ3n) is 14.5. The first kappa shape index (κ1) is 86.9. The Kier molecular flexibility index (Phi) is 43.2. The smallest absolute Gasteiger partial charge is 0.243 e. The lowest BCUT2D eigenvalue weighted by Gasteiger charge is -2.28. The molecular weight excluding hydrogens is 1270 g/mol. The van der Waals surface area contributed by atoms with Crippen molar-refractivity contribution in [2.24, 2.45) is 74.5 Å². The molecule has 0 aromatic carbocycles. The minimum absolute atomic E-state index is 0.0139. The normalized spacial score (nSPS) is 14.5. The summed E-state index contributed by atoms with van der Waals surface area (Å²) in [5.74, 6) is -16.2. The molecular formula is C56H103N23O17. The lowest BCUT2D eigenvalue weighted by atomic mass is 10.0. The highest BCUT2D eigenvalue weighted by Gasteiger charge is 2.37. The Balaban J connectivity index is 7.13. The Morgan fingerprint density at radius 3 is 0.594 bits per heavy atom. The van der Waals surface area contributed by atoms with Crippen LogP contribution in [0.4, 0.5) is 0 Å². The third kappa shape index (κ3) is 37.7. The largest absolute Gasteiger partial charge is 0.370 e. The van der Waals surface area contributed by atoms with Crippen LogP contribution in [0.3, 0.4) is 0 Å². The lowest BCUT2D eigenvalue weighted by molar-refractivity contribution is -0.136. The van der Waals surface area contributed by atoms with Gasteiger partial charge in [-0.1, -0.05) is 0 Å². The molecule has 0 aromatic rings. The van der Waals surface area contributed by atoms with Crippen LogP contribution in [0.1, 0.15) is 148 Å². The van der Waals surface area contributed by atoms with Crippen molar-refractivity contribution in [1.29, 1.82) is 0 Å². The molecule has 0 bridgehead atoms. The fourth-order valence-corrected chi connectivity index (χ4v) is 9.03. The van der Waals surface area contributed by atoms with E-state index in [4.69, 9.17) is 74.5 Å². The molecule has 96 heavy (non-hydrogen) atoms. The van der Waals surface area contributed by atoms with Crippen molar-refractivity contribution < 1.29 is 81.5 Å². The Hall–Kier alpha value is -9.09. The second-order valence-electron chi connectivity index (χ2n) is 22.8. The molecule has 0 aliphatic rings. The molecule has 0 fully saturated rings. The highest BCUT2D eigenvalue weighted by Crippen LogP contribution is 2.12. The first-order valence-electron chi connectivity index (χ1n) is 31.4. The summed E-state index contributed by atoms with van der Waals surface area (Å²) in [5.41, 5.74) is 72.3. The lowest BCUT2D eigenvalue weighted by Crippen LogP contribution is -2.61. The summed E-state index contributed by atoms with van der Waals surface area (Å²) >= 11 is 0. The second kappa shape index (κ2) is 47.7. The number of hydrogen-bond acceptors (Lipinski definition) is 24. The summed E-state index contributed by atoms with van der Waals surface area (Å²) in [5, 5.41) is 24.4. The fourth-order valence-electron chi connectivity index (χ4n) is 9.03. The van der Waals surface area contributed by atoms with Gasteiger partial charge in [-0.2, -0.15) is 0 Å². The number of primary amides is 6. The molecule has 0 saturated heterocycles. The molecule has 544 valence electrons. The molecule has 11 atom stereocenters. The summed E-state index contributed by atoms with van der Waals surface area (Å²) in [6.45, 7) is 1.03. The van der Waals surface area contributed by atoms with Gasteiger partial charge in [0.2, 0.25) is 94.5 Å². The van der Waals surface area contributed by atoms with Crippen molar-refractivity contribution in [1.82, 2.24) is 53.2 Å². The Labute approximate surface area is 554 Å². The first-order chi connectivity index (χ1) is 45.1. The van der Waals surface area contributed by atoms with E-state index in [1.807, 2.05) is 0 Å². The van der Waals surface area contributed by atoms with E-state index in [1.165, 1.54) is 6.92 Å². The van der Waals surface area contributed by atoms with Crippen LogP contribution >= 0.6 is 0 Å². The van der Waals surface area contributed by atoms with Crippen molar-refractivity contribution in [3.05, 3.63) is 0 Å². The monoisotopic (exact) mass is 1370 g/mol. The number of ketones is 1. The zero-order valence-electron chi connectivity index (χ0n) is 54.3. The molecule has 40 nitrogen and oxygen atoms in total. The van der Waals surface area contributed by atoms with Crippen molar-refractivity contribution >= 4 is 100 Å². The van der Waals surface area contributed by atoms with E-state index in [-0.39, 0.29) is 116 Å². The van der Waals surface area contributed by atoms with Gasteiger partial charge in [0.1, 0.15) is 54.4 Å². The standard InChI is InChI=1S/C56H103N23O17/c1-28(80)30(11-17-40(62)63)70-52(92)36(13-20-43(66)83)76-48(88)32(7-3-25-58)73-54(94)38(15-22-45(68)85)78-50(90)34(9-5-27-60)75-56(96)39(16-23-46(69)86)79-51(91)33(8-4-26-59)74-55(95)37(14-21-44(67)84)77-49(89)31(6-2-24-57)72-53(93)35(12-19-42(65)82)71-47(87)29(61)10-18-41(64)81/h29-40H,2-27,57-63H2,1H3,(H2,64,81)(H2,65,82)(H2,66,83)(H2,67,84)(H2,68,85)(H2,69,86)(H,70,92)(H,71,87)(H,72,93)(H,73,94)(H,74,95)(H,75,96)(H,76,88)(H,77,89)(H,78,90)(H,79,91)/t29-,30-,31-,32-,33-,34-,35-,36-,37-,38-,39-/m0/s1. The predicted molar refractivity (Wildman–Crippen MR) is 343 cm³/mol. The van der Waals surface area contributed by atoms with Crippen molar-refractivity contribution in [3.63, 3.8) is 0 Å². The van der Waals surface area contributed by atoms with Gasteiger partial charge in [-0.15, -0.1) is 0 Å². The fraction of sp³-hybridized carbons (Fsp3) is 0.696. The SMILES string of the molecule is CC(=O)[C@H](CCC(N)N)NC(=O)[C@H](CCC(N)=O)NC(=O)[C@H](CCCN)NC(=O)[C@H](CCC(N)=O)NC(=O)[C@H](CCCN)NC(=O)[C@H](CCC(N)=O)NC(=O)[C@H](CCCN)NC(=O)[C@H](CCC(N)=O)NC(=O)[C@H](CCCN)NC(=O)[C@H](CCC(N)=O)NC(=O)[C@@H](N)CCC(N)=O. The number of amides is 16. The van der Waals surface area contributed by atoms with Crippen LogP contribution in [0.15, 0.2) is 0 Å². The Bertz CT molecular complexity index is 2650. The van der Waals surface area contributed by atoms with Gasteiger partial charge in [0, 0.05) is 38.5 Å². The van der Waals surface area contributed by atoms with Gasteiger partial charge in [0.15, 0.2) is 5.78 Å². The molecule has 0 spiro atoms. The predicted octanol–water partition coefficient (Wildman–Crippen LogP) is -11.7. The van der Waals surface area contributed by atoms with E-state index in [0.717, 1.165) is 0 Å². The van der Waals surface area contributed by atoms with Gasteiger partial charge in [-0.05, 0) is 136 Å². The van der Waals surface area contributed by atoms with Crippen LogP contribution in [0.2, 0.25) is 0 Å². The minimum Gasteiger partial charge on any atom is -0.370 e. The average molecular weight is 1370 g/mol. The third-order valence-corrected chi connectivity index (χ3v) is 14.5. The molecule has 0 radical (unpaired) electrons. The molecule has 0 unspecified atom stereocenters. The van der Waals surface area contributed by atoms with E-state index < -0.39 is 224 Å². The summed E-state index contributed by atoms with van der Waals surface area (Å²) < 4.78 is 0. The molecule has 36 N–H and O–H groups in total. The Morgan fingerprint density at radius 1 is 0.240 bits per heavy atom. The maximum atomic E-state index is 14.3. The number of nitrogens with two attached hydrogens (primary N) is 13. The number of rotatable bonds is 54. The first-order valence-corrected chi connectivity index (χ1v) is 31.4. The molecule has 0 aliphatic carbocycles.